The molecule has 1 aromatic carbocycles. The molecule has 0 aliphatic heterocycles. The zero-order valence-corrected chi connectivity index (χ0v) is 11.8. The molecule has 0 unspecified atom stereocenters. The third-order valence-electron chi connectivity index (χ3n) is 2.10. The van der Waals surface area contributed by atoms with Gasteiger partial charge < -0.3 is 19.6 Å². The van der Waals surface area contributed by atoms with E-state index in [2.05, 4.69) is 5.16 Å². The predicted molar refractivity (Wildman–Crippen MR) is 75.7 cm³/mol. The van der Waals surface area contributed by atoms with Gasteiger partial charge in [-0.05, 0) is 45.3 Å². The molecular weight excluding hydrogens is 245 g/mol. The summed E-state index contributed by atoms with van der Waals surface area (Å²) < 4.78 is 5.49. The summed E-state index contributed by atoms with van der Waals surface area (Å²) >= 11 is 0. The largest absolute Gasteiger partial charge is 0.488 e. The quantitative estimate of drug-likeness (QED) is 0.472. The molecule has 6 heteroatoms. The summed E-state index contributed by atoms with van der Waals surface area (Å²) in [6, 6.07) is 6.54. The molecule has 0 atom stereocenters. The van der Waals surface area contributed by atoms with Gasteiger partial charge in [-0.25, -0.2) is 0 Å². The Balaban J connectivity index is 2.48. The molecule has 1 aromatic rings. The monoisotopic (exact) mass is 265 g/mol. The zero-order chi connectivity index (χ0) is 14.5. The van der Waals surface area contributed by atoms with E-state index in [0.29, 0.717) is 17.8 Å². The van der Waals surface area contributed by atoms with Gasteiger partial charge >= 0.3 is 7.12 Å². The first-order valence-electron chi connectivity index (χ1n) is 6.08. The summed E-state index contributed by atoms with van der Waals surface area (Å²) in [4.78, 5) is 5.27. The minimum atomic E-state index is -1.46. The topological polar surface area (TPSA) is 71.3 Å². The molecule has 0 aliphatic rings. The molecule has 2 N–H and O–H groups in total. The van der Waals surface area contributed by atoms with Crippen LogP contribution in [0.5, 0.6) is 5.75 Å². The molecule has 0 aliphatic carbocycles. The SMILES string of the molecule is CC(COc1ccc(B(O)O)cc1)=NOC(C)(C)C. The Morgan fingerprint density at radius 3 is 2.26 bits per heavy atom. The second-order valence-corrected chi connectivity index (χ2v) is 5.26. The minimum Gasteiger partial charge on any atom is -0.488 e. The van der Waals surface area contributed by atoms with Crippen molar-refractivity contribution in [1.29, 1.82) is 0 Å². The van der Waals surface area contributed by atoms with E-state index in [9.17, 15) is 0 Å². The first kappa shape index (κ1) is 15.5. The lowest BCUT2D eigenvalue weighted by atomic mass is 9.80. The molecule has 0 saturated heterocycles. The summed E-state index contributed by atoms with van der Waals surface area (Å²) in [6.07, 6.45) is 0. The summed E-state index contributed by atoms with van der Waals surface area (Å²) in [5, 5.41) is 21.9. The zero-order valence-electron chi connectivity index (χ0n) is 11.8. The fourth-order valence-corrected chi connectivity index (χ4v) is 1.17. The average molecular weight is 265 g/mol. The molecule has 0 spiro atoms. The van der Waals surface area contributed by atoms with Crippen LogP contribution in [-0.2, 0) is 4.84 Å². The molecule has 0 saturated carbocycles. The van der Waals surface area contributed by atoms with Crippen LogP contribution < -0.4 is 10.2 Å². The van der Waals surface area contributed by atoms with E-state index in [4.69, 9.17) is 19.6 Å². The third-order valence-corrected chi connectivity index (χ3v) is 2.10. The van der Waals surface area contributed by atoms with E-state index < -0.39 is 7.12 Å². The van der Waals surface area contributed by atoms with Gasteiger partial charge in [0, 0.05) is 0 Å². The van der Waals surface area contributed by atoms with E-state index in [1.807, 2.05) is 27.7 Å². The first-order valence-corrected chi connectivity index (χ1v) is 6.08. The van der Waals surface area contributed by atoms with Crippen molar-refractivity contribution in [2.45, 2.75) is 33.3 Å². The predicted octanol–water partition coefficient (Wildman–Crippen LogP) is 0.936. The maximum atomic E-state index is 8.96. The van der Waals surface area contributed by atoms with Crippen LogP contribution in [0.25, 0.3) is 0 Å². The molecule has 5 nitrogen and oxygen atoms in total. The van der Waals surface area contributed by atoms with Crippen molar-refractivity contribution in [3.05, 3.63) is 24.3 Å². The highest BCUT2D eigenvalue weighted by molar-refractivity contribution is 6.58. The first-order chi connectivity index (χ1) is 8.78. The van der Waals surface area contributed by atoms with Crippen LogP contribution in [0, 0.1) is 0 Å². The number of rotatable bonds is 5. The third kappa shape index (κ3) is 6.26. The van der Waals surface area contributed by atoms with E-state index in [1.165, 1.54) is 0 Å². The number of hydrogen-bond donors (Lipinski definition) is 2. The van der Waals surface area contributed by atoms with Crippen molar-refractivity contribution < 1.29 is 19.6 Å². The Hall–Kier alpha value is -1.53. The smallest absolute Gasteiger partial charge is 0.488 e. The van der Waals surface area contributed by atoms with Crippen molar-refractivity contribution >= 4 is 18.3 Å². The van der Waals surface area contributed by atoms with Crippen molar-refractivity contribution in [3.63, 3.8) is 0 Å². The molecule has 0 radical (unpaired) electrons. The van der Waals surface area contributed by atoms with Crippen molar-refractivity contribution in [3.8, 4) is 5.75 Å². The van der Waals surface area contributed by atoms with Gasteiger partial charge in [0.05, 0.1) is 5.71 Å². The second-order valence-electron chi connectivity index (χ2n) is 5.26. The number of nitrogens with zero attached hydrogens (tertiary/aromatic N) is 1. The van der Waals surface area contributed by atoms with Crippen LogP contribution in [-0.4, -0.2) is 35.1 Å². The van der Waals surface area contributed by atoms with E-state index >= 15 is 0 Å². The molecule has 104 valence electrons. The number of hydrogen-bond acceptors (Lipinski definition) is 5. The standard InChI is InChI=1S/C13H20BNO4/c1-10(15-19-13(2,3)4)9-18-12-7-5-11(6-8-12)14(16)17/h5-8,16-17H,9H2,1-4H3. The Labute approximate surface area is 114 Å². The van der Waals surface area contributed by atoms with Crippen LogP contribution in [0.15, 0.2) is 29.4 Å². The molecule has 1 rings (SSSR count). The van der Waals surface area contributed by atoms with Gasteiger partial charge in [0.25, 0.3) is 0 Å². The lowest BCUT2D eigenvalue weighted by molar-refractivity contribution is 0.0000988. The summed E-state index contributed by atoms with van der Waals surface area (Å²) in [6.45, 7) is 7.89. The molecule has 0 bridgehead atoms. The van der Waals surface area contributed by atoms with Crippen LogP contribution in [0.3, 0.4) is 0 Å². The maximum Gasteiger partial charge on any atom is 0.488 e. The van der Waals surface area contributed by atoms with Crippen LogP contribution in [0.2, 0.25) is 0 Å². The lowest BCUT2D eigenvalue weighted by Gasteiger charge is -2.16. The van der Waals surface area contributed by atoms with E-state index in [0.717, 1.165) is 5.71 Å². The van der Waals surface area contributed by atoms with E-state index in [1.54, 1.807) is 24.3 Å². The highest BCUT2D eigenvalue weighted by atomic mass is 16.6. The highest BCUT2D eigenvalue weighted by Gasteiger charge is 2.11. The van der Waals surface area contributed by atoms with Gasteiger partial charge in [-0.3, -0.25) is 0 Å². The summed E-state index contributed by atoms with van der Waals surface area (Å²) in [5.74, 6) is 0.634. The highest BCUT2D eigenvalue weighted by Crippen LogP contribution is 2.09. The van der Waals surface area contributed by atoms with Gasteiger partial charge in [-0.15, -0.1) is 0 Å². The maximum absolute atomic E-state index is 8.96. The number of benzene rings is 1. The van der Waals surface area contributed by atoms with Gasteiger partial charge in [0.1, 0.15) is 18.0 Å². The van der Waals surface area contributed by atoms with Gasteiger partial charge in [0.2, 0.25) is 0 Å². The molecule has 0 heterocycles. The Morgan fingerprint density at radius 1 is 1.21 bits per heavy atom. The van der Waals surface area contributed by atoms with Crippen molar-refractivity contribution in [2.24, 2.45) is 5.16 Å². The molecule has 0 aromatic heterocycles. The Bertz CT molecular complexity index is 423. The normalized spacial score (nSPS) is 12.2. The van der Waals surface area contributed by atoms with Gasteiger partial charge in [-0.1, -0.05) is 17.3 Å². The fraction of sp³-hybridized carbons (Fsp3) is 0.462. The van der Waals surface area contributed by atoms with Gasteiger partial charge in [-0.2, -0.15) is 0 Å². The fourth-order valence-electron chi connectivity index (χ4n) is 1.17. The molecular formula is C13H20BNO4. The average Bonchev–Trinajstić information content (AvgIpc) is 2.33. The number of oxime groups is 1. The number of ether oxygens (including phenoxy) is 1. The van der Waals surface area contributed by atoms with Crippen LogP contribution in [0.4, 0.5) is 0 Å². The molecule has 19 heavy (non-hydrogen) atoms. The van der Waals surface area contributed by atoms with E-state index in [-0.39, 0.29) is 5.60 Å². The second kappa shape index (κ2) is 6.59. The Kier molecular flexibility index (Phi) is 5.38. The lowest BCUT2D eigenvalue weighted by Crippen LogP contribution is -2.29. The minimum absolute atomic E-state index is 0.317. The van der Waals surface area contributed by atoms with Gasteiger partial charge in [0.15, 0.2) is 0 Å². The summed E-state index contributed by atoms with van der Waals surface area (Å²) in [5.41, 5.74) is 0.829. The van der Waals surface area contributed by atoms with Crippen LogP contribution in [0.1, 0.15) is 27.7 Å². The van der Waals surface area contributed by atoms with Crippen molar-refractivity contribution in [1.82, 2.24) is 0 Å². The molecule has 0 amide bonds. The van der Waals surface area contributed by atoms with Crippen LogP contribution >= 0.6 is 0 Å². The van der Waals surface area contributed by atoms with Crippen molar-refractivity contribution in [2.75, 3.05) is 6.61 Å². The summed E-state index contributed by atoms with van der Waals surface area (Å²) in [7, 11) is -1.46. The Morgan fingerprint density at radius 2 is 1.79 bits per heavy atom. The molecule has 0 fully saturated rings.